The number of sulfone groups is 1. The lowest BCUT2D eigenvalue weighted by Crippen LogP contribution is -2.20. The molecule has 0 saturated carbocycles. The van der Waals surface area contributed by atoms with Gasteiger partial charge in [0.25, 0.3) is 5.91 Å². The van der Waals surface area contributed by atoms with Gasteiger partial charge in [-0.25, -0.2) is 13.1 Å². The van der Waals surface area contributed by atoms with Crippen LogP contribution in [0.15, 0.2) is 18.2 Å². The average molecular weight is 432 g/mol. The number of nitrogens with zero attached hydrogens (tertiary/aromatic N) is 2. The molecule has 138 valence electrons. The van der Waals surface area contributed by atoms with Crippen LogP contribution in [0.1, 0.15) is 34.1 Å². The minimum absolute atomic E-state index is 0.0431. The number of fused-ring (bicyclic) bond motifs is 1. The summed E-state index contributed by atoms with van der Waals surface area (Å²) in [5, 5.41) is 8.18. The second kappa shape index (κ2) is 6.74. The van der Waals surface area contributed by atoms with E-state index in [-0.39, 0.29) is 29.0 Å². The van der Waals surface area contributed by atoms with Crippen LogP contribution in [0.4, 0.5) is 5.82 Å². The summed E-state index contributed by atoms with van der Waals surface area (Å²) in [6.07, 6.45) is 0.497. The Labute approximate surface area is 165 Å². The second-order valence-electron chi connectivity index (χ2n) is 6.35. The summed E-state index contributed by atoms with van der Waals surface area (Å²) in [6, 6.07) is 4.43. The van der Waals surface area contributed by atoms with Crippen molar-refractivity contribution in [3.05, 3.63) is 45.1 Å². The number of hydrogen-bond acceptors (Lipinski definition) is 5. The lowest BCUT2D eigenvalue weighted by molar-refractivity contribution is 0.102. The van der Waals surface area contributed by atoms with Gasteiger partial charge in [0.15, 0.2) is 9.84 Å². The Balaban J connectivity index is 1.70. The summed E-state index contributed by atoms with van der Waals surface area (Å²) in [7, 11) is -3.06. The molecule has 1 aromatic carbocycles. The number of thioether (sulfide) groups is 1. The third-order valence-electron chi connectivity index (χ3n) is 4.54. The second-order valence-corrected chi connectivity index (χ2v) is 10.4. The maximum absolute atomic E-state index is 12.8. The minimum Gasteiger partial charge on any atom is -0.306 e. The van der Waals surface area contributed by atoms with Crippen LogP contribution in [0.3, 0.4) is 0 Å². The molecule has 2 aromatic rings. The maximum Gasteiger partial charge on any atom is 0.258 e. The molecule has 1 aromatic heterocycles. The van der Waals surface area contributed by atoms with E-state index in [1.165, 1.54) is 6.07 Å². The number of benzene rings is 1. The molecule has 0 spiro atoms. The van der Waals surface area contributed by atoms with E-state index in [4.69, 9.17) is 23.2 Å². The lowest BCUT2D eigenvalue weighted by Gasteiger charge is -2.16. The third kappa shape index (κ3) is 3.35. The molecule has 1 fully saturated rings. The van der Waals surface area contributed by atoms with E-state index in [2.05, 4.69) is 10.4 Å². The third-order valence-corrected chi connectivity index (χ3v) is 7.82. The van der Waals surface area contributed by atoms with Gasteiger partial charge in [-0.05, 0) is 24.6 Å². The SMILES string of the molecule is O=C(Nc1c2c(nn1C1CCS(=O)(=O)C1)CSC2)c1cc(Cl)ccc1Cl. The zero-order chi connectivity index (χ0) is 18.5. The molecule has 1 saturated heterocycles. The van der Waals surface area contributed by atoms with E-state index in [0.29, 0.717) is 22.3 Å². The van der Waals surface area contributed by atoms with Gasteiger partial charge in [-0.1, -0.05) is 23.2 Å². The molecule has 1 N–H and O–H groups in total. The lowest BCUT2D eigenvalue weighted by atomic mass is 10.2. The summed E-state index contributed by atoms with van der Waals surface area (Å²) in [4.78, 5) is 12.8. The van der Waals surface area contributed by atoms with Gasteiger partial charge >= 0.3 is 0 Å². The fraction of sp³-hybridized carbons (Fsp3) is 0.375. The quantitative estimate of drug-likeness (QED) is 0.803. The molecule has 0 radical (unpaired) electrons. The molecule has 1 atom stereocenters. The number of amides is 1. The number of rotatable bonds is 3. The standard InChI is InChI=1S/C16H15Cl2N3O3S2/c17-9-1-2-13(18)11(5-9)16(22)19-15-12-6-25-7-14(12)20-21(15)10-3-4-26(23,24)8-10/h1-2,5,10H,3-4,6-8H2,(H,19,22). The monoisotopic (exact) mass is 431 g/mol. The van der Waals surface area contributed by atoms with Crippen LogP contribution in [-0.4, -0.2) is 35.6 Å². The molecule has 2 aliphatic heterocycles. The Hall–Kier alpha value is -1.22. The van der Waals surface area contributed by atoms with Crippen molar-refractivity contribution in [3.63, 3.8) is 0 Å². The van der Waals surface area contributed by atoms with E-state index in [1.807, 2.05) is 0 Å². The number of halogens is 2. The molecular formula is C16H15Cl2N3O3S2. The fourth-order valence-electron chi connectivity index (χ4n) is 3.24. The number of aromatic nitrogens is 2. The Morgan fingerprint density at radius 1 is 1.31 bits per heavy atom. The predicted octanol–water partition coefficient (Wildman–Crippen LogP) is 3.55. The highest BCUT2D eigenvalue weighted by Gasteiger charge is 2.34. The molecule has 10 heteroatoms. The van der Waals surface area contributed by atoms with Gasteiger partial charge in [-0.3, -0.25) is 4.79 Å². The van der Waals surface area contributed by atoms with Gasteiger partial charge in [0.1, 0.15) is 5.82 Å². The molecular weight excluding hydrogens is 417 g/mol. The van der Waals surface area contributed by atoms with Crippen LogP contribution < -0.4 is 5.32 Å². The molecule has 1 amide bonds. The van der Waals surface area contributed by atoms with Gasteiger partial charge in [0.05, 0.1) is 33.8 Å². The highest BCUT2D eigenvalue weighted by atomic mass is 35.5. The van der Waals surface area contributed by atoms with Crippen molar-refractivity contribution in [2.75, 3.05) is 16.8 Å². The van der Waals surface area contributed by atoms with Gasteiger partial charge in [-0.2, -0.15) is 16.9 Å². The van der Waals surface area contributed by atoms with Crippen LogP contribution in [0, 0.1) is 0 Å². The summed E-state index contributed by atoms with van der Waals surface area (Å²) < 4.78 is 25.4. The average Bonchev–Trinajstić information content (AvgIpc) is 3.25. The van der Waals surface area contributed by atoms with Gasteiger partial charge in [0, 0.05) is 22.1 Å². The van der Waals surface area contributed by atoms with Crippen LogP contribution >= 0.6 is 35.0 Å². The first-order valence-electron chi connectivity index (χ1n) is 7.99. The number of carbonyl (C=O) groups excluding carboxylic acids is 1. The van der Waals surface area contributed by atoms with E-state index < -0.39 is 9.84 Å². The normalized spacial score (nSPS) is 20.9. The molecule has 2 aliphatic rings. The van der Waals surface area contributed by atoms with Crippen LogP contribution in [0.5, 0.6) is 0 Å². The van der Waals surface area contributed by atoms with Crippen molar-refractivity contribution in [3.8, 4) is 0 Å². The first-order chi connectivity index (χ1) is 12.3. The zero-order valence-corrected chi connectivity index (χ0v) is 16.7. The Morgan fingerprint density at radius 2 is 2.12 bits per heavy atom. The van der Waals surface area contributed by atoms with E-state index >= 15 is 0 Å². The highest BCUT2D eigenvalue weighted by Crippen LogP contribution is 2.38. The van der Waals surface area contributed by atoms with E-state index in [1.54, 1.807) is 28.6 Å². The fourth-order valence-corrected chi connectivity index (χ4v) is 6.35. The molecule has 3 heterocycles. The Kier molecular flexibility index (Phi) is 4.71. The van der Waals surface area contributed by atoms with Crippen molar-refractivity contribution in [1.82, 2.24) is 9.78 Å². The Bertz CT molecular complexity index is 1000. The molecule has 0 aliphatic carbocycles. The summed E-state index contributed by atoms with van der Waals surface area (Å²) >= 11 is 13.8. The highest BCUT2D eigenvalue weighted by molar-refractivity contribution is 7.98. The van der Waals surface area contributed by atoms with Gasteiger partial charge in [-0.15, -0.1) is 0 Å². The molecule has 0 bridgehead atoms. The molecule has 1 unspecified atom stereocenters. The topological polar surface area (TPSA) is 81.1 Å². The number of anilines is 1. The molecule has 6 nitrogen and oxygen atoms in total. The predicted molar refractivity (Wildman–Crippen MR) is 104 cm³/mol. The summed E-state index contributed by atoms with van der Waals surface area (Å²) in [6.45, 7) is 0. The summed E-state index contributed by atoms with van der Waals surface area (Å²) in [5.74, 6) is 1.84. The van der Waals surface area contributed by atoms with Crippen molar-refractivity contribution in [1.29, 1.82) is 0 Å². The number of carbonyl (C=O) groups is 1. The first-order valence-corrected chi connectivity index (χ1v) is 11.7. The van der Waals surface area contributed by atoms with Crippen LogP contribution in [0.25, 0.3) is 0 Å². The van der Waals surface area contributed by atoms with Gasteiger partial charge in [0.2, 0.25) is 0 Å². The van der Waals surface area contributed by atoms with Crippen molar-refractivity contribution in [2.24, 2.45) is 0 Å². The minimum atomic E-state index is -3.06. The molecule has 26 heavy (non-hydrogen) atoms. The van der Waals surface area contributed by atoms with E-state index in [0.717, 1.165) is 22.8 Å². The molecule has 4 rings (SSSR count). The van der Waals surface area contributed by atoms with Crippen molar-refractivity contribution >= 4 is 56.5 Å². The number of hydrogen-bond donors (Lipinski definition) is 1. The Morgan fingerprint density at radius 3 is 2.85 bits per heavy atom. The van der Waals surface area contributed by atoms with Crippen molar-refractivity contribution in [2.45, 2.75) is 24.0 Å². The van der Waals surface area contributed by atoms with Crippen molar-refractivity contribution < 1.29 is 13.2 Å². The summed E-state index contributed by atoms with van der Waals surface area (Å²) in [5.41, 5.74) is 2.11. The smallest absolute Gasteiger partial charge is 0.258 e. The zero-order valence-electron chi connectivity index (χ0n) is 13.5. The first kappa shape index (κ1) is 18.2. The van der Waals surface area contributed by atoms with E-state index in [9.17, 15) is 13.2 Å². The van der Waals surface area contributed by atoms with Crippen LogP contribution in [0.2, 0.25) is 10.0 Å². The largest absolute Gasteiger partial charge is 0.306 e. The number of nitrogens with one attached hydrogen (secondary N) is 1. The van der Waals surface area contributed by atoms with Gasteiger partial charge < -0.3 is 5.32 Å². The maximum atomic E-state index is 12.8. The van der Waals surface area contributed by atoms with Crippen LogP contribution in [-0.2, 0) is 21.3 Å².